The van der Waals surface area contributed by atoms with Crippen molar-refractivity contribution < 1.29 is 90.8 Å². The maximum Gasteiger partial charge on any atom is 0.276 e. The van der Waals surface area contributed by atoms with Crippen LogP contribution in [0.2, 0.25) is 0 Å². The highest BCUT2D eigenvalue weighted by Crippen LogP contribution is 2.32. The molecule has 122 heavy (non-hydrogen) atoms. The first-order valence-electron chi connectivity index (χ1n) is 39.9. The molecular weight excluding hydrogens is 1620 g/mol. The van der Waals surface area contributed by atoms with E-state index in [2.05, 4.69) is 29.4 Å². The Labute approximate surface area is 707 Å². The number of carbonyl (C=O) groups is 4. The largest absolute Gasteiger partial charge is 0.489 e. The standard InChI is InChI=1S/2C19H19FN2O2.2C14H14FNO2.2C13H16FNO3S/c2*1-2-14(12-20)13-24-16-6-7-17-15(11-16)8-10-22(19(17)23)18-5-3-4-9-21-18;2*1-2-10(8-15)9-18-12-3-4-13-11(7-12)5-6-16-14(13)17;2*1-2-10(8-14)9-18-12-3-4-13-11(7-12)5-6-15-19(13,16)17/h2*3-7,9,11-12H,2,8,10,13H2,1H3;2*3-4,6-8H,2,5,9H2,1H3;2*3-4,7-8,15H,2,5-6,9H2,1H3/b14-12+;14-12-;10-8+;10-8-;10-8+;10-8-. The number of halogens is 6. The molecule has 0 aliphatic carbocycles. The molecule has 4 amide bonds. The molecule has 6 aliphatic heterocycles. The van der Waals surface area contributed by atoms with Crippen LogP contribution < -0.4 is 47.7 Å². The van der Waals surface area contributed by atoms with E-state index in [0.29, 0.717) is 240 Å². The average Bonchev–Trinajstić information content (AvgIpc) is 0.799. The maximum atomic E-state index is 12.7. The predicted octanol–water partition coefficient (Wildman–Crippen LogP) is 18.4. The fraction of sp³-hybridized carbons (Fsp3) is 0.304. The minimum absolute atomic E-state index is 0.0561. The van der Waals surface area contributed by atoms with E-state index in [0.717, 1.165) is 46.2 Å². The van der Waals surface area contributed by atoms with E-state index >= 15 is 0 Å². The number of fused-ring (bicyclic) bond motifs is 6. The van der Waals surface area contributed by atoms with Gasteiger partial charge in [0.2, 0.25) is 20.0 Å². The number of aliphatic imine (C=N–C) groups is 2. The number of pyridine rings is 2. The first-order chi connectivity index (χ1) is 59.1. The molecule has 6 aliphatic rings. The Hall–Kier alpha value is -12.1. The van der Waals surface area contributed by atoms with Gasteiger partial charge in [0.05, 0.1) is 47.8 Å². The first kappa shape index (κ1) is 93.7. The van der Waals surface area contributed by atoms with Crippen molar-refractivity contribution in [2.75, 3.05) is 75.6 Å². The maximum absolute atomic E-state index is 12.7. The summed E-state index contributed by atoms with van der Waals surface area (Å²) in [5, 5.41) is 0. The van der Waals surface area contributed by atoms with Crippen LogP contribution in [0.15, 0.2) is 249 Å². The van der Waals surface area contributed by atoms with Crippen LogP contribution in [0.1, 0.15) is 155 Å². The van der Waals surface area contributed by atoms with Crippen LogP contribution >= 0.6 is 0 Å². The van der Waals surface area contributed by atoms with Gasteiger partial charge >= 0.3 is 0 Å². The lowest BCUT2D eigenvalue weighted by molar-refractivity contribution is 0.0971. The Morgan fingerprint density at radius 1 is 0.361 bits per heavy atom. The fourth-order valence-electron chi connectivity index (χ4n) is 12.6. The Bertz CT molecular complexity index is 5140. The number of sulfonamides is 2. The molecule has 0 unspecified atom stereocenters. The minimum Gasteiger partial charge on any atom is -0.489 e. The molecule has 2 N–H and O–H groups in total. The molecule has 0 saturated carbocycles. The lowest BCUT2D eigenvalue weighted by Gasteiger charge is -2.28. The number of anilines is 2. The molecular formula is C92H98F6N8O14S2. The molecule has 0 bridgehead atoms. The number of hydrogen-bond donors (Lipinski definition) is 2. The predicted molar refractivity (Wildman–Crippen MR) is 459 cm³/mol. The Morgan fingerprint density at radius 3 is 0.918 bits per heavy atom. The monoisotopic (exact) mass is 1720 g/mol. The lowest BCUT2D eigenvalue weighted by Crippen LogP contribution is -2.38. The third-order valence-corrected chi connectivity index (χ3v) is 23.2. The summed E-state index contributed by atoms with van der Waals surface area (Å²) in [6, 6.07) is 41.9. The van der Waals surface area contributed by atoms with Gasteiger partial charge in [0.15, 0.2) is 0 Å². The third kappa shape index (κ3) is 26.4. The Balaban J connectivity index is 0.000000167. The number of carbonyl (C=O) groups excluding carboxylic acids is 4. The van der Waals surface area contributed by atoms with E-state index in [4.69, 9.17) is 28.4 Å². The van der Waals surface area contributed by atoms with Crippen LogP contribution in [-0.2, 0) is 58.6 Å². The Kier molecular flexibility index (Phi) is 36.3. The van der Waals surface area contributed by atoms with Gasteiger partial charge in [-0.3, -0.25) is 29.0 Å². The van der Waals surface area contributed by atoms with E-state index in [-0.39, 0.29) is 63.3 Å². The van der Waals surface area contributed by atoms with E-state index < -0.39 is 20.0 Å². The van der Waals surface area contributed by atoms with Crippen LogP contribution in [0.3, 0.4) is 0 Å². The molecule has 14 rings (SSSR count). The van der Waals surface area contributed by atoms with Crippen molar-refractivity contribution in [2.24, 2.45) is 9.98 Å². The van der Waals surface area contributed by atoms with Gasteiger partial charge in [-0.05, 0) is 264 Å². The summed E-state index contributed by atoms with van der Waals surface area (Å²) in [4.78, 5) is 68.2. The number of rotatable bonds is 26. The second kappa shape index (κ2) is 47.2. The van der Waals surface area contributed by atoms with E-state index in [9.17, 15) is 62.4 Å². The second-order valence-corrected chi connectivity index (χ2v) is 31.5. The zero-order chi connectivity index (χ0) is 87.6. The van der Waals surface area contributed by atoms with Crippen molar-refractivity contribution in [3.05, 3.63) is 285 Å². The highest BCUT2D eigenvalue weighted by Gasteiger charge is 2.30. The van der Waals surface area contributed by atoms with Crippen molar-refractivity contribution >= 4 is 67.7 Å². The van der Waals surface area contributed by atoms with Crippen LogP contribution in [0, 0.1) is 0 Å². The number of hydrogen-bond acceptors (Lipinski definition) is 16. The van der Waals surface area contributed by atoms with E-state index in [1.807, 2.05) is 102 Å². The van der Waals surface area contributed by atoms with Gasteiger partial charge in [0, 0.05) is 86.1 Å². The van der Waals surface area contributed by atoms with Gasteiger partial charge in [-0.1, -0.05) is 53.7 Å². The smallest absolute Gasteiger partial charge is 0.276 e. The summed E-state index contributed by atoms with van der Waals surface area (Å²) < 4.78 is 160. The SMILES string of the molecule is CC/C(=C/F)COc1ccc2c(c1)CC=NC2=O.CC/C(=C/F)COc1ccc2c(c1)CCN(c1ccccn1)C2=O.CC/C(=C/F)COc1ccc2c(c1)CCNS2(=O)=O.CC/C(=C\F)COc1ccc2c(c1)CC=NC2=O.CC/C(=C\F)COc1ccc2c(c1)CCN(c1ccccn1)C2=O.CC/C(=C\F)COc1ccc2c(c1)CCNS2(=O)=O. The average molecular weight is 1720 g/mol. The number of benzene rings is 6. The normalized spacial score (nSPS) is 15.6. The molecule has 0 fully saturated rings. The number of amides is 4. The van der Waals surface area contributed by atoms with E-state index in [1.54, 1.807) is 107 Å². The van der Waals surface area contributed by atoms with Crippen LogP contribution in [0.4, 0.5) is 38.0 Å². The van der Waals surface area contributed by atoms with Gasteiger partial charge in [0.25, 0.3) is 23.6 Å². The molecule has 6 aromatic carbocycles. The zero-order valence-electron chi connectivity index (χ0n) is 68.7. The first-order valence-corrected chi connectivity index (χ1v) is 42.9. The molecule has 0 radical (unpaired) electrons. The van der Waals surface area contributed by atoms with Crippen LogP contribution in [0.25, 0.3) is 0 Å². The summed E-state index contributed by atoms with van der Waals surface area (Å²) >= 11 is 0. The van der Waals surface area contributed by atoms with Gasteiger partial charge in [-0.2, -0.15) is 0 Å². The molecule has 2 aromatic heterocycles. The number of aromatic nitrogens is 2. The molecule has 8 aromatic rings. The highest BCUT2D eigenvalue weighted by atomic mass is 32.2. The van der Waals surface area contributed by atoms with Gasteiger partial charge in [-0.25, -0.2) is 72.6 Å². The van der Waals surface area contributed by atoms with Crippen molar-refractivity contribution in [2.45, 2.75) is 128 Å². The molecule has 0 spiro atoms. The summed E-state index contributed by atoms with van der Waals surface area (Å²) in [6.07, 6.45) is 17.6. The summed E-state index contributed by atoms with van der Waals surface area (Å²) in [7, 11) is -6.75. The van der Waals surface area contributed by atoms with Crippen molar-refractivity contribution in [3.63, 3.8) is 0 Å². The molecule has 0 saturated heterocycles. The zero-order valence-corrected chi connectivity index (χ0v) is 70.3. The summed E-state index contributed by atoms with van der Waals surface area (Å²) in [5.74, 6) is 4.48. The second-order valence-electron chi connectivity index (χ2n) is 28.0. The third-order valence-electron chi connectivity index (χ3n) is 20.0. The summed E-state index contributed by atoms with van der Waals surface area (Å²) in [6.45, 7) is 14.4. The van der Waals surface area contributed by atoms with E-state index in [1.165, 1.54) is 12.1 Å². The van der Waals surface area contributed by atoms with Gasteiger partial charge in [0.1, 0.15) is 85.8 Å². The Morgan fingerprint density at radius 2 is 0.639 bits per heavy atom. The van der Waals surface area contributed by atoms with Gasteiger partial charge in [-0.15, -0.1) is 0 Å². The highest BCUT2D eigenvalue weighted by molar-refractivity contribution is 7.90. The molecule has 644 valence electrons. The van der Waals surface area contributed by atoms with Crippen LogP contribution in [-0.4, -0.2) is 129 Å². The number of nitrogens with zero attached hydrogens (tertiary/aromatic N) is 6. The lowest BCUT2D eigenvalue weighted by atomic mass is 9.98. The molecule has 22 nitrogen and oxygen atoms in total. The van der Waals surface area contributed by atoms with Crippen LogP contribution in [0.5, 0.6) is 34.5 Å². The quantitative estimate of drug-likeness (QED) is 0.0477. The molecule has 8 heterocycles. The van der Waals surface area contributed by atoms with Gasteiger partial charge < -0.3 is 28.4 Å². The number of ether oxygens (including phenoxy) is 6. The topological polar surface area (TPSA) is 273 Å². The minimum atomic E-state index is -3.38. The molecule has 30 heteroatoms. The van der Waals surface area contributed by atoms with Crippen molar-refractivity contribution in [1.29, 1.82) is 0 Å². The van der Waals surface area contributed by atoms with Crippen molar-refractivity contribution in [1.82, 2.24) is 19.4 Å². The number of nitrogens with one attached hydrogen (secondary N) is 2. The summed E-state index contributed by atoms with van der Waals surface area (Å²) in [5.41, 5.74) is 11.3. The fourth-order valence-corrected chi connectivity index (χ4v) is 15.1. The van der Waals surface area contributed by atoms with Crippen molar-refractivity contribution in [3.8, 4) is 34.5 Å². The molecule has 0 atom stereocenters.